The van der Waals surface area contributed by atoms with E-state index in [-0.39, 0.29) is 11.6 Å². The Kier molecular flexibility index (Phi) is 7.30. The van der Waals surface area contributed by atoms with Gasteiger partial charge in [-0.05, 0) is 69.0 Å². The van der Waals surface area contributed by atoms with Gasteiger partial charge in [0.05, 0.1) is 12.3 Å². The SMILES string of the molecule is CCOc1nnc(-c2cc(NC(=O)C3(C(F)(F)F)CC=CNC3=O)ccc2C)cc1C1CCOCC1. The second-order valence-corrected chi connectivity index (χ2v) is 8.78. The highest BCUT2D eigenvalue weighted by Gasteiger charge is 2.65. The van der Waals surface area contributed by atoms with Gasteiger partial charge >= 0.3 is 6.18 Å². The van der Waals surface area contributed by atoms with Crippen molar-refractivity contribution in [2.24, 2.45) is 5.41 Å². The van der Waals surface area contributed by atoms with Crippen molar-refractivity contribution in [3.8, 4) is 17.1 Å². The average molecular weight is 505 g/mol. The molecule has 4 rings (SSSR count). The number of aromatic nitrogens is 2. The molecule has 1 aromatic carbocycles. The maximum atomic E-state index is 13.9. The van der Waals surface area contributed by atoms with Crippen LogP contribution in [0.25, 0.3) is 11.3 Å². The summed E-state index contributed by atoms with van der Waals surface area (Å²) in [5, 5.41) is 12.9. The van der Waals surface area contributed by atoms with E-state index in [4.69, 9.17) is 9.47 Å². The first-order valence-electron chi connectivity index (χ1n) is 11.7. The summed E-state index contributed by atoms with van der Waals surface area (Å²) in [7, 11) is 0. The lowest BCUT2D eigenvalue weighted by Gasteiger charge is -2.33. The first kappa shape index (κ1) is 25.6. The number of allylic oxidation sites excluding steroid dienone is 1. The van der Waals surface area contributed by atoms with Crippen LogP contribution >= 0.6 is 0 Å². The van der Waals surface area contributed by atoms with Gasteiger partial charge in [-0.3, -0.25) is 9.59 Å². The average Bonchev–Trinajstić information content (AvgIpc) is 2.86. The molecule has 2 aromatic rings. The zero-order valence-electron chi connectivity index (χ0n) is 19.9. The number of rotatable bonds is 6. The van der Waals surface area contributed by atoms with Gasteiger partial charge in [0.2, 0.25) is 23.1 Å². The predicted molar refractivity (Wildman–Crippen MR) is 125 cm³/mol. The highest BCUT2D eigenvalue weighted by Crippen LogP contribution is 2.44. The number of benzene rings is 1. The van der Waals surface area contributed by atoms with E-state index in [1.807, 2.05) is 25.2 Å². The standard InChI is InChI=1S/C25H27F3N4O4/c1-3-36-21-19(16-7-11-35-12-8-16)14-20(31-32-21)18-13-17(6-5-15(18)2)30-23(34)24(25(26,27)28)9-4-10-29-22(24)33/h4-6,10,13-14,16H,3,7-9,11-12H2,1-2H3,(H,29,33)(H,30,34). The van der Waals surface area contributed by atoms with E-state index in [0.29, 0.717) is 37.0 Å². The molecule has 1 atom stereocenters. The van der Waals surface area contributed by atoms with E-state index in [1.165, 1.54) is 12.1 Å². The van der Waals surface area contributed by atoms with E-state index in [9.17, 15) is 22.8 Å². The van der Waals surface area contributed by atoms with Crippen molar-refractivity contribution in [1.82, 2.24) is 15.5 Å². The van der Waals surface area contributed by atoms with Crippen molar-refractivity contribution in [2.45, 2.75) is 45.2 Å². The minimum Gasteiger partial charge on any atom is -0.477 e. The lowest BCUT2D eigenvalue weighted by Crippen LogP contribution is -2.58. The molecule has 2 amide bonds. The normalized spacial score (nSPS) is 20.6. The molecule has 192 valence electrons. The predicted octanol–water partition coefficient (Wildman–Crippen LogP) is 4.27. The van der Waals surface area contributed by atoms with E-state index in [2.05, 4.69) is 15.5 Å². The number of hydrogen-bond donors (Lipinski definition) is 2. The van der Waals surface area contributed by atoms with Crippen molar-refractivity contribution in [3.63, 3.8) is 0 Å². The fourth-order valence-corrected chi connectivity index (χ4v) is 4.45. The van der Waals surface area contributed by atoms with Gasteiger partial charge in [0.1, 0.15) is 0 Å². The number of hydrogen-bond acceptors (Lipinski definition) is 6. The third kappa shape index (κ3) is 4.79. The van der Waals surface area contributed by atoms with Crippen LogP contribution in [0, 0.1) is 12.3 Å². The van der Waals surface area contributed by atoms with Gasteiger partial charge in [-0.2, -0.15) is 13.2 Å². The van der Waals surface area contributed by atoms with E-state index < -0.39 is 29.8 Å². The summed E-state index contributed by atoms with van der Waals surface area (Å²) in [5.41, 5.74) is -0.353. The zero-order chi connectivity index (χ0) is 25.9. The van der Waals surface area contributed by atoms with Gasteiger partial charge in [-0.15, -0.1) is 10.2 Å². The highest BCUT2D eigenvalue weighted by atomic mass is 19.4. The first-order chi connectivity index (χ1) is 17.2. The fourth-order valence-electron chi connectivity index (χ4n) is 4.45. The number of nitrogens with one attached hydrogen (secondary N) is 2. The Hall–Kier alpha value is -3.47. The van der Waals surface area contributed by atoms with E-state index >= 15 is 0 Å². The largest absolute Gasteiger partial charge is 0.477 e. The Morgan fingerprint density at radius 3 is 2.67 bits per heavy atom. The number of ether oxygens (including phenoxy) is 2. The van der Waals surface area contributed by atoms with Crippen LogP contribution in [0.2, 0.25) is 0 Å². The summed E-state index contributed by atoms with van der Waals surface area (Å²) in [4.78, 5) is 25.1. The Morgan fingerprint density at radius 1 is 1.25 bits per heavy atom. The molecule has 8 nitrogen and oxygen atoms in total. The molecule has 0 spiro atoms. The summed E-state index contributed by atoms with van der Waals surface area (Å²) in [5.74, 6) is -2.26. The van der Waals surface area contributed by atoms with Crippen molar-refractivity contribution >= 4 is 17.5 Å². The van der Waals surface area contributed by atoms with Crippen LogP contribution in [-0.4, -0.2) is 48.0 Å². The summed E-state index contributed by atoms with van der Waals surface area (Å²) in [6, 6.07) is 6.56. The Bertz CT molecular complexity index is 1180. The molecular weight excluding hydrogens is 477 g/mol. The fraction of sp³-hybridized carbons (Fsp3) is 0.440. The zero-order valence-corrected chi connectivity index (χ0v) is 19.9. The molecule has 1 unspecified atom stereocenters. The molecule has 2 aliphatic heterocycles. The van der Waals surface area contributed by atoms with Crippen molar-refractivity contribution < 1.29 is 32.2 Å². The monoisotopic (exact) mass is 504 g/mol. The van der Waals surface area contributed by atoms with Gasteiger partial charge in [-0.1, -0.05) is 12.1 Å². The molecule has 2 aliphatic rings. The maximum absolute atomic E-state index is 13.9. The Morgan fingerprint density at radius 2 is 2.00 bits per heavy atom. The molecule has 0 aliphatic carbocycles. The van der Waals surface area contributed by atoms with Gasteiger partial charge in [0.25, 0.3) is 0 Å². The number of alkyl halides is 3. The van der Waals surface area contributed by atoms with Gasteiger partial charge in [0, 0.05) is 30.0 Å². The van der Waals surface area contributed by atoms with Crippen molar-refractivity contribution in [3.05, 3.63) is 47.7 Å². The Balaban J connectivity index is 1.68. The van der Waals surface area contributed by atoms with Crippen LogP contribution in [0.4, 0.5) is 18.9 Å². The molecule has 1 saturated heterocycles. The second-order valence-electron chi connectivity index (χ2n) is 8.78. The number of anilines is 1. The maximum Gasteiger partial charge on any atom is 0.412 e. The van der Waals surface area contributed by atoms with Crippen LogP contribution in [0.3, 0.4) is 0 Å². The summed E-state index contributed by atoms with van der Waals surface area (Å²) in [6.07, 6.45) is -2.05. The lowest BCUT2D eigenvalue weighted by atomic mass is 9.79. The Labute approximate surface area is 206 Å². The first-order valence-corrected chi connectivity index (χ1v) is 11.7. The van der Waals surface area contributed by atoms with E-state index in [1.54, 1.807) is 6.07 Å². The number of carbonyl (C=O) groups is 2. The topological polar surface area (TPSA) is 102 Å². The van der Waals surface area contributed by atoms with E-state index in [0.717, 1.165) is 36.2 Å². The summed E-state index contributed by atoms with van der Waals surface area (Å²) >= 11 is 0. The van der Waals surface area contributed by atoms with Gasteiger partial charge < -0.3 is 20.1 Å². The van der Waals surface area contributed by atoms with Crippen LogP contribution in [0.15, 0.2) is 36.5 Å². The number of aryl methyl sites for hydroxylation is 1. The third-order valence-electron chi connectivity index (χ3n) is 6.52. The summed E-state index contributed by atoms with van der Waals surface area (Å²) < 4.78 is 53.0. The molecule has 0 bridgehead atoms. The molecule has 0 radical (unpaired) electrons. The smallest absolute Gasteiger partial charge is 0.412 e. The lowest BCUT2D eigenvalue weighted by molar-refractivity contribution is -0.217. The van der Waals surface area contributed by atoms with Crippen molar-refractivity contribution in [2.75, 3.05) is 25.1 Å². The van der Waals surface area contributed by atoms with Crippen LogP contribution < -0.4 is 15.4 Å². The molecule has 3 heterocycles. The minimum atomic E-state index is -5.08. The molecule has 1 fully saturated rings. The minimum absolute atomic E-state index is 0.106. The summed E-state index contributed by atoms with van der Waals surface area (Å²) in [6.45, 7) is 5.35. The molecule has 11 heteroatoms. The number of halogens is 3. The number of carbonyl (C=O) groups excluding carboxylic acids is 2. The number of amides is 2. The molecule has 0 saturated carbocycles. The number of nitrogens with zero attached hydrogens (tertiary/aromatic N) is 2. The van der Waals surface area contributed by atoms with Crippen LogP contribution in [0.5, 0.6) is 5.88 Å². The molecule has 36 heavy (non-hydrogen) atoms. The second kappa shape index (κ2) is 10.3. The highest BCUT2D eigenvalue weighted by molar-refractivity contribution is 6.12. The molecule has 2 N–H and O–H groups in total. The molecular formula is C25H27F3N4O4. The quantitative estimate of drug-likeness (QED) is 0.570. The van der Waals surface area contributed by atoms with Gasteiger partial charge in [-0.25, -0.2) is 0 Å². The van der Waals surface area contributed by atoms with Gasteiger partial charge in [0.15, 0.2) is 0 Å². The van der Waals surface area contributed by atoms with Crippen LogP contribution in [-0.2, 0) is 14.3 Å². The molecule has 1 aromatic heterocycles. The van der Waals surface area contributed by atoms with Crippen molar-refractivity contribution in [1.29, 1.82) is 0 Å². The van der Waals surface area contributed by atoms with Crippen LogP contribution in [0.1, 0.15) is 43.2 Å². The third-order valence-corrected chi connectivity index (χ3v) is 6.52.